The lowest BCUT2D eigenvalue weighted by molar-refractivity contribution is -0.384. The fraction of sp³-hybridized carbons (Fsp3) is 0.500. The maximum absolute atomic E-state index is 12.0. The fourth-order valence-corrected chi connectivity index (χ4v) is 3.14. The predicted molar refractivity (Wildman–Crippen MR) is 95.4 cm³/mol. The van der Waals surface area contributed by atoms with Crippen LogP contribution < -0.4 is 16.2 Å². The van der Waals surface area contributed by atoms with E-state index in [2.05, 4.69) is 30.0 Å². The van der Waals surface area contributed by atoms with Gasteiger partial charge in [-0.15, -0.1) is 0 Å². The van der Waals surface area contributed by atoms with Crippen molar-refractivity contribution < 1.29 is 9.72 Å². The van der Waals surface area contributed by atoms with Gasteiger partial charge in [-0.1, -0.05) is 32.8 Å². The SMILES string of the molecule is C[C@@H]1[C@H](C)CCC[C@@H]1NC(=S)NNC(=O)c1cccc([N+](=O)[O-])c1. The Kier molecular flexibility index (Phi) is 6.08. The quantitative estimate of drug-likeness (QED) is 0.440. The molecule has 0 bridgehead atoms. The van der Waals surface area contributed by atoms with Gasteiger partial charge in [0.15, 0.2) is 5.11 Å². The summed E-state index contributed by atoms with van der Waals surface area (Å²) in [6, 6.07) is 5.81. The summed E-state index contributed by atoms with van der Waals surface area (Å²) in [5.74, 6) is 0.664. The maximum atomic E-state index is 12.0. The van der Waals surface area contributed by atoms with E-state index in [9.17, 15) is 14.9 Å². The first-order valence-corrected chi connectivity index (χ1v) is 8.40. The van der Waals surface area contributed by atoms with E-state index in [0.717, 1.165) is 12.8 Å². The van der Waals surface area contributed by atoms with E-state index in [4.69, 9.17) is 12.2 Å². The number of thiocarbonyl (C=S) groups is 1. The molecule has 2 rings (SSSR count). The highest BCUT2D eigenvalue weighted by Gasteiger charge is 2.27. The van der Waals surface area contributed by atoms with Gasteiger partial charge >= 0.3 is 0 Å². The van der Waals surface area contributed by atoms with E-state index in [1.807, 2.05) is 0 Å². The van der Waals surface area contributed by atoms with E-state index in [1.54, 1.807) is 0 Å². The van der Waals surface area contributed by atoms with Crippen molar-refractivity contribution in [2.45, 2.75) is 39.2 Å². The van der Waals surface area contributed by atoms with Crippen molar-refractivity contribution in [2.75, 3.05) is 0 Å². The average molecular weight is 350 g/mol. The fourth-order valence-electron chi connectivity index (χ4n) is 2.94. The van der Waals surface area contributed by atoms with Gasteiger partial charge in [0.2, 0.25) is 0 Å². The summed E-state index contributed by atoms with van der Waals surface area (Å²) < 4.78 is 0. The summed E-state index contributed by atoms with van der Waals surface area (Å²) in [6.45, 7) is 4.44. The van der Waals surface area contributed by atoms with Crippen LogP contribution in [0, 0.1) is 22.0 Å². The van der Waals surface area contributed by atoms with Gasteiger partial charge in [0.05, 0.1) is 4.92 Å². The number of nitrogens with one attached hydrogen (secondary N) is 3. The van der Waals surface area contributed by atoms with Crippen LogP contribution in [0.3, 0.4) is 0 Å². The van der Waals surface area contributed by atoms with E-state index < -0.39 is 10.8 Å². The molecule has 3 N–H and O–H groups in total. The molecule has 1 fully saturated rings. The van der Waals surface area contributed by atoms with Crippen molar-refractivity contribution in [3.05, 3.63) is 39.9 Å². The highest BCUT2D eigenvalue weighted by molar-refractivity contribution is 7.80. The van der Waals surface area contributed by atoms with Crippen LogP contribution in [-0.2, 0) is 0 Å². The number of non-ortho nitro benzene ring substituents is 1. The molecule has 0 unspecified atom stereocenters. The summed E-state index contributed by atoms with van der Waals surface area (Å²) in [5.41, 5.74) is 5.19. The molecule has 3 atom stereocenters. The standard InChI is InChI=1S/C16H22N4O3S/c1-10-5-3-8-14(11(10)2)17-16(24)19-18-15(21)12-6-4-7-13(9-12)20(22)23/h4,6-7,9-11,14H,3,5,8H2,1-2H3,(H,18,21)(H2,17,19,24)/t10-,11-,14+/m1/s1. The van der Waals surface area contributed by atoms with Crippen LogP contribution in [-0.4, -0.2) is 22.0 Å². The third-order valence-electron chi connectivity index (χ3n) is 4.63. The summed E-state index contributed by atoms with van der Waals surface area (Å²) in [7, 11) is 0. The molecular weight excluding hydrogens is 328 g/mol. The van der Waals surface area contributed by atoms with Crippen molar-refractivity contribution in [3.8, 4) is 0 Å². The van der Waals surface area contributed by atoms with Crippen molar-refractivity contribution in [1.29, 1.82) is 0 Å². The molecule has 1 aliphatic carbocycles. The monoisotopic (exact) mass is 350 g/mol. The molecule has 7 nitrogen and oxygen atoms in total. The zero-order valence-corrected chi connectivity index (χ0v) is 14.6. The molecule has 1 aliphatic rings. The van der Waals surface area contributed by atoms with Crippen molar-refractivity contribution >= 4 is 28.9 Å². The first-order valence-electron chi connectivity index (χ1n) is 7.99. The zero-order valence-electron chi connectivity index (χ0n) is 13.7. The van der Waals surface area contributed by atoms with Gasteiger partial charge in [0, 0.05) is 23.7 Å². The van der Waals surface area contributed by atoms with E-state index >= 15 is 0 Å². The molecule has 0 aliphatic heterocycles. The number of hydrogen-bond donors (Lipinski definition) is 3. The Bertz CT molecular complexity index is 638. The molecule has 1 saturated carbocycles. The first kappa shape index (κ1) is 18.1. The number of hydrazine groups is 1. The Balaban J connectivity index is 1.86. The third-order valence-corrected chi connectivity index (χ3v) is 4.85. The molecule has 0 aromatic heterocycles. The summed E-state index contributed by atoms with van der Waals surface area (Å²) in [4.78, 5) is 22.3. The van der Waals surface area contributed by atoms with Gasteiger partial charge in [-0.3, -0.25) is 25.8 Å². The Morgan fingerprint density at radius 2 is 2.04 bits per heavy atom. The Morgan fingerprint density at radius 3 is 2.75 bits per heavy atom. The minimum Gasteiger partial charge on any atom is -0.358 e. The van der Waals surface area contributed by atoms with Gasteiger partial charge in [-0.2, -0.15) is 0 Å². The average Bonchev–Trinajstić information content (AvgIpc) is 2.57. The van der Waals surface area contributed by atoms with Gasteiger partial charge < -0.3 is 5.32 Å². The summed E-state index contributed by atoms with van der Waals surface area (Å²) in [5, 5.41) is 14.3. The molecule has 24 heavy (non-hydrogen) atoms. The molecule has 130 valence electrons. The van der Waals surface area contributed by atoms with Crippen molar-refractivity contribution in [3.63, 3.8) is 0 Å². The lowest BCUT2D eigenvalue weighted by atomic mass is 9.78. The minimum absolute atomic E-state index is 0.131. The van der Waals surface area contributed by atoms with E-state index in [-0.39, 0.29) is 17.3 Å². The molecule has 8 heteroatoms. The second-order valence-electron chi connectivity index (χ2n) is 6.23. The molecule has 0 spiro atoms. The van der Waals surface area contributed by atoms with Crippen LogP contribution in [0.2, 0.25) is 0 Å². The van der Waals surface area contributed by atoms with Crippen LogP contribution in [0.1, 0.15) is 43.5 Å². The molecule has 0 heterocycles. The number of nitro benzene ring substituents is 1. The van der Waals surface area contributed by atoms with Crippen LogP contribution in [0.4, 0.5) is 5.69 Å². The molecule has 0 radical (unpaired) electrons. The number of nitro groups is 1. The molecule has 0 saturated heterocycles. The number of carbonyl (C=O) groups is 1. The smallest absolute Gasteiger partial charge is 0.270 e. The summed E-state index contributed by atoms with van der Waals surface area (Å²) >= 11 is 5.22. The van der Waals surface area contributed by atoms with E-state index in [0.29, 0.717) is 16.9 Å². The Hall–Kier alpha value is -2.22. The number of hydrogen-bond acceptors (Lipinski definition) is 4. The second-order valence-corrected chi connectivity index (χ2v) is 6.64. The summed E-state index contributed by atoms with van der Waals surface area (Å²) in [6.07, 6.45) is 3.43. The van der Waals surface area contributed by atoms with Crippen LogP contribution in [0.25, 0.3) is 0 Å². The lowest BCUT2D eigenvalue weighted by Gasteiger charge is -2.35. The number of carbonyl (C=O) groups excluding carboxylic acids is 1. The molecule has 1 aromatic rings. The van der Waals surface area contributed by atoms with Crippen LogP contribution >= 0.6 is 12.2 Å². The van der Waals surface area contributed by atoms with Gasteiger partial charge in [-0.05, 0) is 36.5 Å². The van der Waals surface area contributed by atoms with Crippen molar-refractivity contribution in [2.24, 2.45) is 11.8 Å². The van der Waals surface area contributed by atoms with Gasteiger partial charge in [0.25, 0.3) is 11.6 Å². The second kappa shape index (κ2) is 8.05. The highest BCUT2D eigenvalue weighted by atomic mass is 32.1. The molecule has 1 amide bonds. The normalized spacial score (nSPS) is 23.2. The van der Waals surface area contributed by atoms with Crippen LogP contribution in [0.15, 0.2) is 24.3 Å². The number of rotatable bonds is 3. The van der Waals surface area contributed by atoms with E-state index in [1.165, 1.54) is 30.7 Å². The van der Waals surface area contributed by atoms with Crippen molar-refractivity contribution in [1.82, 2.24) is 16.2 Å². The molecular formula is C16H22N4O3S. The number of nitrogens with zero attached hydrogens (tertiary/aromatic N) is 1. The topological polar surface area (TPSA) is 96.3 Å². The van der Waals surface area contributed by atoms with Crippen LogP contribution in [0.5, 0.6) is 0 Å². The Morgan fingerprint density at radius 1 is 1.29 bits per heavy atom. The lowest BCUT2D eigenvalue weighted by Crippen LogP contribution is -2.52. The third kappa shape index (κ3) is 4.64. The highest BCUT2D eigenvalue weighted by Crippen LogP contribution is 2.29. The minimum atomic E-state index is -0.540. The number of benzene rings is 1. The number of amides is 1. The zero-order chi connectivity index (χ0) is 17.7. The Labute approximate surface area is 146 Å². The first-order chi connectivity index (χ1) is 11.4. The maximum Gasteiger partial charge on any atom is 0.270 e. The van der Waals surface area contributed by atoms with Gasteiger partial charge in [0.1, 0.15) is 0 Å². The largest absolute Gasteiger partial charge is 0.358 e. The predicted octanol–water partition coefficient (Wildman–Crippen LogP) is 2.53. The molecule has 1 aromatic carbocycles. The van der Waals surface area contributed by atoms with Gasteiger partial charge in [-0.25, -0.2) is 0 Å².